The predicted octanol–water partition coefficient (Wildman–Crippen LogP) is 4.95. The summed E-state index contributed by atoms with van der Waals surface area (Å²) in [6.45, 7) is 0.237. The van der Waals surface area contributed by atoms with Crippen molar-refractivity contribution in [3.8, 4) is 17.1 Å². The maximum atomic E-state index is 13.4. The maximum Gasteiger partial charge on any atom is 0.573 e. The quantitative estimate of drug-likeness (QED) is 0.536. The lowest BCUT2D eigenvalue weighted by Gasteiger charge is -2.16. The molecule has 156 valence electrons. The van der Waals surface area contributed by atoms with Crippen LogP contribution in [-0.4, -0.2) is 29.0 Å². The maximum absolute atomic E-state index is 13.4. The Morgan fingerprint density at radius 3 is 2.57 bits per heavy atom. The number of hydrogen-bond acceptors (Lipinski definition) is 5. The molecule has 1 saturated heterocycles. The van der Waals surface area contributed by atoms with Crippen molar-refractivity contribution in [3.05, 3.63) is 59.2 Å². The Kier molecular flexibility index (Phi) is 5.10. The zero-order chi connectivity index (χ0) is 21.5. The molecule has 2 aromatic carbocycles. The van der Waals surface area contributed by atoms with Crippen LogP contribution in [0.5, 0.6) is 5.75 Å². The van der Waals surface area contributed by atoms with Crippen LogP contribution < -0.4 is 9.64 Å². The Balaban J connectivity index is 1.49. The van der Waals surface area contributed by atoms with Gasteiger partial charge < -0.3 is 14.2 Å². The molecule has 3 aromatic rings. The molecule has 1 atom stereocenters. The van der Waals surface area contributed by atoms with Gasteiger partial charge in [0, 0.05) is 24.2 Å². The number of alkyl halides is 3. The highest BCUT2D eigenvalue weighted by Crippen LogP contribution is 2.33. The first kappa shape index (κ1) is 20.1. The highest BCUT2D eigenvalue weighted by molar-refractivity contribution is 6.31. The van der Waals surface area contributed by atoms with E-state index >= 15 is 0 Å². The van der Waals surface area contributed by atoms with Gasteiger partial charge in [0.25, 0.3) is 0 Å². The summed E-state index contributed by atoms with van der Waals surface area (Å²) in [7, 11) is 0. The van der Waals surface area contributed by atoms with Crippen LogP contribution in [0.15, 0.2) is 47.0 Å². The summed E-state index contributed by atoms with van der Waals surface area (Å²) in [5.74, 6) is -1.18. The van der Waals surface area contributed by atoms with Crippen molar-refractivity contribution in [2.75, 3.05) is 11.4 Å². The fourth-order valence-electron chi connectivity index (χ4n) is 3.10. The predicted molar refractivity (Wildman–Crippen MR) is 97.5 cm³/mol. The molecule has 1 unspecified atom stereocenters. The average Bonchev–Trinajstić information content (AvgIpc) is 3.30. The standard InChI is InChI=1S/C19H12ClF4N3O3/c20-14-8-12(3-6-15(14)21)27-9-11(7-16(27)28)18-25-17(26-30-18)10-1-4-13(5-2-10)29-19(22,23)24/h1-6,8,11H,7,9H2. The Labute approximate surface area is 172 Å². The summed E-state index contributed by atoms with van der Waals surface area (Å²) in [5.41, 5.74) is 0.875. The second kappa shape index (κ2) is 7.60. The third kappa shape index (κ3) is 4.23. The SMILES string of the molecule is O=C1CC(c2nc(-c3ccc(OC(F)(F)F)cc3)no2)CN1c1ccc(F)c(Cl)c1. The van der Waals surface area contributed by atoms with E-state index in [0.717, 1.165) is 12.1 Å². The molecule has 4 rings (SSSR count). The molecule has 11 heteroatoms. The van der Waals surface area contributed by atoms with Crippen molar-refractivity contribution in [1.29, 1.82) is 0 Å². The number of amides is 1. The van der Waals surface area contributed by atoms with Crippen LogP contribution in [0, 0.1) is 5.82 Å². The molecule has 1 aliphatic rings. The summed E-state index contributed by atoms with van der Waals surface area (Å²) in [6.07, 6.45) is -4.68. The van der Waals surface area contributed by atoms with Gasteiger partial charge in [0.2, 0.25) is 17.6 Å². The number of halogens is 5. The van der Waals surface area contributed by atoms with Crippen LogP contribution in [0.1, 0.15) is 18.2 Å². The average molecular weight is 442 g/mol. The number of nitrogens with zero attached hydrogens (tertiary/aromatic N) is 3. The first-order valence-corrected chi connectivity index (χ1v) is 9.02. The van der Waals surface area contributed by atoms with E-state index in [0.29, 0.717) is 11.3 Å². The van der Waals surface area contributed by atoms with Gasteiger partial charge in [-0.2, -0.15) is 4.98 Å². The Bertz CT molecular complexity index is 1090. The molecule has 1 aromatic heterocycles. The van der Waals surface area contributed by atoms with Crippen LogP contribution >= 0.6 is 11.6 Å². The molecule has 0 radical (unpaired) electrons. The van der Waals surface area contributed by atoms with Gasteiger partial charge in [-0.3, -0.25) is 4.79 Å². The molecule has 6 nitrogen and oxygen atoms in total. The van der Waals surface area contributed by atoms with Gasteiger partial charge in [0.05, 0.1) is 10.9 Å². The van der Waals surface area contributed by atoms with Gasteiger partial charge in [-0.05, 0) is 42.5 Å². The van der Waals surface area contributed by atoms with E-state index in [1.165, 1.54) is 35.2 Å². The first-order chi connectivity index (χ1) is 14.2. The van der Waals surface area contributed by atoms with Crippen LogP contribution in [0.3, 0.4) is 0 Å². The molecule has 1 amide bonds. The largest absolute Gasteiger partial charge is 0.573 e. The minimum atomic E-state index is -4.78. The number of hydrogen-bond donors (Lipinski definition) is 0. The molecule has 0 aliphatic carbocycles. The van der Waals surface area contributed by atoms with Crippen molar-refractivity contribution in [1.82, 2.24) is 10.1 Å². The number of benzene rings is 2. The van der Waals surface area contributed by atoms with E-state index in [1.54, 1.807) is 0 Å². The molecule has 2 heterocycles. The van der Waals surface area contributed by atoms with E-state index in [4.69, 9.17) is 16.1 Å². The zero-order valence-corrected chi connectivity index (χ0v) is 15.7. The highest BCUT2D eigenvalue weighted by atomic mass is 35.5. The van der Waals surface area contributed by atoms with Crippen molar-refractivity contribution in [2.45, 2.75) is 18.7 Å². The fourth-order valence-corrected chi connectivity index (χ4v) is 3.27. The Morgan fingerprint density at radius 2 is 1.90 bits per heavy atom. The van der Waals surface area contributed by atoms with E-state index in [2.05, 4.69) is 14.9 Å². The van der Waals surface area contributed by atoms with Crippen LogP contribution in [0.4, 0.5) is 23.2 Å². The fraction of sp³-hybridized carbons (Fsp3) is 0.211. The number of carbonyl (C=O) groups excluding carboxylic acids is 1. The number of carbonyl (C=O) groups is 1. The van der Waals surface area contributed by atoms with Crippen LogP contribution in [-0.2, 0) is 4.79 Å². The number of aromatic nitrogens is 2. The van der Waals surface area contributed by atoms with Gasteiger partial charge in [-0.25, -0.2) is 4.39 Å². The lowest BCUT2D eigenvalue weighted by atomic mass is 10.1. The molecular weight excluding hydrogens is 430 g/mol. The summed E-state index contributed by atoms with van der Waals surface area (Å²) in [6, 6.07) is 8.99. The second-order valence-electron chi connectivity index (χ2n) is 6.53. The molecule has 0 bridgehead atoms. The summed E-state index contributed by atoms with van der Waals surface area (Å²) < 4.78 is 59.2. The Morgan fingerprint density at radius 1 is 1.17 bits per heavy atom. The highest BCUT2D eigenvalue weighted by Gasteiger charge is 2.35. The van der Waals surface area contributed by atoms with E-state index in [-0.39, 0.29) is 41.4 Å². The van der Waals surface area contributed by atoms with Gasteiger partial charge in [-0.1, -0.05) is 16.8 Å². The molecule has 30 heavy (non-hydrogen) atoms. The number of ether oxygens (including phenoxy) is 1. The van der Waals surface area contributed by atoms with Crippen LogP contribution in [0.25, 0.3) is 11.4 Å². The van der Waals surface area contributed by atoms with E-state index < -0.39 is 18.1 Å². The van der Waals surface area contributed by atoms with Gasteiger partial charge in [0.1, 0.15) is 11.6 Å². The van der Waals surface area contributed by atoms with Crippen molar-refractivity contribution < 1.29 is 31.6 Å². The number of anilines is 1. The van der Waals surface area contributed by atoms with E-state index in [1.807, 2.05) is 0 Å². The summed E-state index contributed by atoms with van der Waals surface area (Å²) in [4.78, 5) is 18.1. The summed E-state index contributed by atoms with van der Waals surface area (Å²) >= 11 is 5.79. The molecule has 0 spiro atoms. The lowest BCUT2D eigenvalue weighted by Crippen LogP contribution is -2.24. The minimum absolute atomic E-state index is 0.0956. The Hall–Kier alpha value is -3.14. The van der Waals surface area contributed by atoms with Gasteiger partial charge in [0.15, 0.2) is 0 Å². The minimum Gasteiger partial charge on any atom is -0.406 e. The molecular formula is C19H12ClF4N3O3. The van der Waals surface area contributed by atoms with E-state index in [9.17, 15) is 22.4 Å². The molecule has 0 N–H and O–H groups in total. The van der Waals surface area contributed by atoms with Crippen molar-refractivity contribution in [3.63, 3.8) is 0 Å². The smallest absolute Gasteiger partial charge is 0.406 e. The monoisotopic (exact) mass is 441 g/mol. The van der Waals surface area contributed by atoms with Crippen LogP contribution in [0.2, 0.25) is 5.02 Å². The topological polar surface area (TPSA) is 68.5 Å². The van der Waals surface area contributed by atoms with Gasteiger partial charge in [-0.15, -0.1) is 13.2 Å². The molecule has 1 fully saturated rings. The second-order valence-corrected chi connectivity index (χ2v) is 6.94. The lowest BCUT2D eigenvalue weighted by molar-refractivity contribution is -0.274. The molecule has 1 aliphatic heterocycles. The zero-order valence-electron chi connectivity index (χ0n) is 15.0. The first-order valence-electron chi connectivity index (χ1n) is 8.65. The number of rotatable bonds is 4. The third-order valence-corrected chi connectivity index (χ3v) is 4.77. The van der Waals surface area contributed by atoms with Crippen molar-refractivity contribution in [2.24, 2.45) is 0 Å². The third-order valence-electron chi connectivity index (χ3n) is 4.48. The molecule has 0 saturated carbocycles. The van der Waals surface area contributed by atoms with Gasteiger partial charge >= 0.3 is 6.36 Å². The summed E-state index contributed by atoms with van der Waals surface area (Å²) in [5, 5.41) is 3.74. The van der Waals surface area contributed by atoms with Crippen molar-refractivity contribution >= 4 is 23.2 Å². The normalized spacial score (nSPS) is 16.9.